The lowest BCUT2D eigenvalue weighted by Crippen LogP contribution is -2.15. The van der Waals surface area contributed by atoms with Gasteiger partial charge in [0.1, 0.15) is 5.75 Å². The van der Waals surface area contributed by atoms with E-state index in [-0.39, 0.29) is 5.41 Å². The molecule has 0 fully saturated rings. The third-order valence-electron chi connectivity index (χ3n) is 4.59. The van der Waals surface area contributed by atoms with Crippen LogP contribution in [0.25, 0.3) is 6.08 Å². The first-order valence-electron chi connectivity index (χ1n) is 10.6. The summed E-state index contributed by atoms with van der Waals surface area (Å²) in [6.07, 6.45) is 5.24. The Bertz CT molecular complexity index is 875. The summed E-state index contributed by atoms with van der Waals surface area (Å²) in [6, 6.07) is 11.5. The maximum atomic E-state index is 12.4. The highest BCUT2D eigenvalue weighted by Gasteiger charge is 2.20. The van der Waals surface area contributed by atoms with Crippen molar-refractivity contribution >= 4 is 12.0 Å². The van der Waals surface area contributed by atoms with Crippen molar-refractivity contribution in [2.45, 2.75) is 59.8 Å². The van der Waals surface area contributed by atoms with Crippen molar-refractivity contribution in [3.8, 4) is 17.2 Å². The predicted molar refractivity (Wildman–Crippen MR) is 123 cm³/mol. The summed E-state index contributed by atoms with van der Waals surface area (Å²) in [5, 5.41) is 0. The number of carbonyl (C=O) groups excluding carboxylic acids is 1. The van der Waals surface area contributed by atoms with E-state index in [1.54, 1.807) is 6.08 Å². The van der Waals surface area contributed by atoms with Gasteiger partial charge in [-0.15, -0.1) is 0 Å². The Morgan fingerprint density at radius 2 is 1.70 bits per heavy atom. The number of esters is 1. The molecule has 2 aromatic carbocycles. The summed E-state index contributed by atoms with van der Waals surface area (Å²) in [5.41, 5.74) is 2.88. The monoisotopic (exact) mass is 410 g/mol. The fraction of sp³-hybridized carbons (Fsp3) is 0.423. The third kappa shape index (κ3) is 6.94. The molecule has 0 amide bonds. The normalized spacial score (nSPS) is 11.5. The first-order chi connectivity index (χ1) is 14.2. The van der Waals surface area contributed by atoms with Crippen molar-refractivity contribution in [2.75, 3.05) is 13.2 Å². The van der Waals surface area contributed by atoms with Gasteiger partial charge in [-0.05, 0) is 55.5 Å². The molecule has 2 rings (SSSR count). The minimum Gasteiger partial charge on any atom is -0.490 e. The Morgan fingerprint density at radius 1 is 0.967 bits per heavy atom. The number of hydrogen-bond donors (Lipinski definition) is 0. The van der Waals surface area contributed by atoms with Gasteiger partial charge in [0.2, 0.25) is 0 Å². The number of ether oxygens (including phenoxy) is 3. The summed E-state index contributed by atoms with van der Waals surface area (Å²) in [5.74, 6) is 1.58. The highest BCUT2D eigenvalue weighted by atomic mass is 16.5. The highest BCUT2D eigenvalue weighted by molar-refractivity contribution is 5.89. The van der Waals surface area contributed by atoms with Crippen LogP contribution in [0.3, 0.4) is 0 Å². The van der Waals surface area contributed by atoms with Crippen molar-refractivity contribution in [1.82, 2.24) is 0 Å². The van der Waals surface area contributed by atoms with E-state index in [1.165, 1.54) is 6.08 Å². The van der Waals surface area contributed by atoms with E-state index in [0.717, 1.165) is 35.3 Å². The first kappa shape index (κ1) is 23.5. The van der Waals surface area contributed by atoms with E-state index < -0.39 is 5.97 Å². The van der Waals surface area contributed by atoms with E-state index >= 15 is 0 Å². The van der Waals surface area contributed by atoms with Crippen LogP contribution >= 0.6 is 0 Å². The minimum atomic E-state index is -0.411. The average molecular weight is 411 g/mol. The van der Waals surface area contributed by atoms with E-state index in [1.807, 2.05) is 44.2 Å². The molecule has 4 heteroatoms. The lowest BCUT2D eigenvalue weighted by atomic mass is 9.85. The fourth-order valence-electron chi connectivity index (χ4n) is 2.97. The lowest BCUT2D eigenvalue weighted by molar-refractivity contribution is -0.129. The minimum absolute atomic E-state index is 0.120. The van der Waals surface area contributed by atoms with Gasteiger partial charge in [-0.1, -0.05) is 57.9 Å². The number of aryl methyl sites for hydroxylation is 1. The Morgan fingerprint density at radius 3 is 2.37 bits per heavy atom. The number of hydrogen-bond acceptors (Lipinski definition) is 4. The molecule has 0 bridgehead atoms. The molecule has 30 heavy (non-hydrogen) atoms. The van der Waals surface area contributed by atoms with Gasteiger partial charge in [0.25, 0.3) is 0 Å². The van der Waals surface area contributed by atoms with Gasteiger partial charge in [0, 0.05) is 11.6 Å². The van der Waals surface area contributed by atoms with E-state index in [0.29, 0.717) is 24.7 Å². The van der Waals surface area contributed by atoms with Gasteiger partial charge in [-0.25, -0.2) is 4.79 Å². The molecule has 0 heterocycles. The van der Waals surface area contributed by atoms with Gasteiger partial charge < -0.3 is 14.2 Å². The summed E-state index contributed by atoms with van der Waals surface area (Å²) < 4.78 is 17.1. The molecule has 0 saturated carbocycles. The molecule has 0 aliphatic carbocycles. The molecule has 0 atom stereocenters. The number of rotatable bonds is 9. The van der Waals surface area contributed by atoms with Crippen LogP contribution in [0.2, 0.25) is 0 Å². The van der Waals surface area contributed by atoms with Gasteiger partial charge in [0.15, 0.2) is 11.5 Å². The molecular formula is C26H34O4. The molecule has 2 aromatic rings. The van der Waals surface area contributed by atoms with E-state index in [4.69, 9.17) is 14.2 Å². The lowest BCUT2D eigenvalue weighted by Gasteiger charge is -2.22. The largest absolute Gasteiger partial charge is 0.490 e. The second-order valence-corrected chi connectivity index (χ2v) is 8.35. The summed E-state index contributed by atoms with van der Waals surface area (Å²) >= 11 is 0. The molecule has 0 N–H and O–H groups in total. The van der Waals surface area contributed by atoms with Crippen LogP contribution in [-0.4, -0.2) is 19.2 Å². The van der Waals surface area contributed by atoms with Crippen molar-refractivity contribution in [3.05, 3.63) is 59.2 Å². The first-order valence-corrected chi connectivity index (χ1v) is 10.6. The van der Waals surface area contributed by atoms with E-state index in [9.17, 15) is 4.79 Å². The summed E-state index contributed by atoms with van der Waals surface area (Å²) in [6.45, 7) is 13.6. The number of benzene rings is 2. The van der Waals surface area contributed by atoms with Crippen molar-refractivity contribution in [1.29, 1.82) is 0 Å². The van der Waals surface area contributed by atoms with Crippen molar-refractivity contribution in [2.24, 2.45) is 0 Å². The molecule has 0 unspecified atom stereocenters. The topological polar surface area (TPSA) is 44.8 Å². The molecule has 0 radical (unpaired) electrons. The van der Waals surface area contributed by atoms with Gasteiger partial charge in [-0.3, -0.25) is 0 Å². The SMILES string of the molecule is CCCCOc1ccc(/C=C/C(=O)Oc2ccc(C)cc2C(C)(C)C)cc1OCC. The number of unbranched alkanes of at least 4 members (excludes halogenated alkanes) is 1. The van der Waals surface area contributed by atoms with E-state index in [2.05, 4.69) is 33.8 Å². The standard InChI is InChI=1S/C26H34O4/c1-7-9-16-29-23-14-11-20(18-24(23)28-8-2)12-15-25(27)30-22-13-10-19(3)17-21(22)26(4,5)6/h10-15,17-18H,7-9,16H2,1-6H3/b15-12+. The van der Waals surface area contributed by atoms with Crippen LogP contribution in [-0.2, 0) is 10.2 Å². The molecule has 0 spiro atoms. The quantitative estimate of drug-likeness (QED) is 0.205. The molecule has 0 aromatic heterocycles. The zero-order valence-corrected chi connectivity index (χ0v) is 19.1. The van der Waals surface area contributed by atoms with Crippen LogP contribution in [0.5, 0.6) is 17.2 Å². The highest BCUT2D eigenvalue weighted by Crippen LogP contribution is 2.32. The number of carbonyl (C=O) groups is 1. The smallest absolute Gasteiger partial charge is 0.336 e. The van der Waals surface area contributed by atoms with Crippen LogP contribution in [0.15, 0.2) is 42.5 Å². The maximum Gasteiger partial charge on any atom is 0.336 e. The average Bonchev–Trinajstić information content (AvgIpc) is 2.69. The third-order valence-corrected chi connectivity index (χ3v) is 4.59. The van der Waals surface area contributed by atoms with Crippen molar-refractivity contribution < 1.29 is 19.0 Å². The molecule has 0 aliphatic rings. The molecular weight excluding hydrogens is 376 g/mol. The van der Waals surface area contributed by atoms with Gasteiger partial charge >= 0.3 is 5.97 Å². The van der Waals surface area contributed by atoms with Crippen LogP contribution in [0.1, 0.15) is 64.2 Å². The molecule has 0 saturated heterocycles. The summed E-state index contributed by atoms with van der Waals surface area (Å²) in [4.78, 5) is 12.4. The Hall–Kier alpha value is -2.75. The summed E-state index contributed by atoms with van der Waals surface area (Å²) in [7, 11) is 0. The molecule has 0 aliphatic heterocycles. The van der Waals surface area contributed by atoms with Gasteiger partial charge in [-0.2, -0.15) is 0 Å². The fourth-order valence-corrected chi connectivity index (χ4v) is 2.97. The van der Waals surface area contributed by atoms with Crippen LogP contribution < -0.4 is 14.2 Å². The Balaban J connectivity index is 2.14. The van der Waals surface area contributed by atoms with Crippen molar-refractivity contribution in [3.63, 3.8) is 0 Å². The predicted octanol–water partition coefficient (Wildman–Crippen LogP) is 6.49. The second kappa shape index (κ2) is 10.9. The Kier molecular flexibility index (Phi) is 8.52. The second-order valence-electron chi connectivity index (χ2n) is 8.35. The molecule has 4 nitrogen and oxygen atoms in total. The van der Waals surface area contributed by atoms with Crippen LogP contribution in [0.4, 0.5) is 0 Å². The zero-order chi connectivity index (χ0) is 22.1. The van der Waals surface area contributed by atoms with Gasteiger partial charge in [0.05, 0.1) is 13.2 Å². The van der Waals surface area contributed by atoms with Crippen LogP contribution in [0, 0.1) is 6.92 Å². The Labute approximate surface area is 180 Å². The zero-order valence-electron chi connectivity index (χ0n) is 19.1. The maximum absolute atomic E-state index is 12.4. The molecule has 162 valence electrons.